The normalized spacial score (nSPS) is 20.7. The second-order valence-corrected chi connectivity index (χ2v) is 8.09. The molecule has 1 fully saturated rings. The minimum absolute atomic E-state index is 0.177. The number of hydrogen-bond donors (Lipinski definition) is 4. The first-order valence-electron chi connectivity index (χ1n) is 8.48. The molecule has 0 aromatic rings. The maximum atomic E-state index is 12.7. The van der Waals surface area contributed by atoms with E-state index in [1.54, 1.807) is 0 Å². The summed E-state index contributed by atoms with van der Waals surface area (Å²) < 4.78 is 4.59. The molecule has 0 bridgehead atoms. The van der Waals surface area contributed by atoms with Crippen LogP contribution in [0, 0.1) is 10.8 Å². The third-order valence-electron chi connectivity index (χ3n) is 4.98. The number of carbonyl (C=O) groups excluding carboxylic acids is 3. The summed E-state index contributed by atoms with van der Waals surface area (Å²) in [5.41, 5.74) is 5.13. The Bertz CT molecular complexity index is 571. The van der Waals surface area contributed by atoms with Gasteiger partial charge in [0.25, 0.3) is 5.91 Å². The molecule has 1 saturated carbocycles. The van der Waals surface area contributed by atoms with Crippen LogP contribution in [0.1, 0.15) is 47.0 Å². The van der Waals surface area contributed by atoms with E-state index in [1.807, 2.05) is 27.7 Å². The molecule has 0 aromatic heterocycles. The zero-order valence-electron chi connectivity index (χ0n) is 15.9. The zero-order chi connectivity index (χ0) is 20.3. The lowest BCUT2D eigenvalue weighted by Crippen LogP contribution is -2.59. The van der Waals surface area contributed by atoms with Crippen LogP contribution in [0.25, 0.3) is 0 Å². The molecule has 9 nitrogen and oxygen atoms in total. The Morgan fingerprint density at radius 2 is 1.62 bits per heavy atom. The molecule has 26 heavy (non-hydrogen) atoms. The predicted octanol–water partition coefficient (Wildman–Crippen LogP) is -0.223. The first-order chi connectivity index (χ1) is 11.8. The third kappa shape index (κ3) is 5.17. The van der Waals surface area contributed by atoms with Crippen molar-refractivity contribution in [2.45, 2.75) is 65.1 Å². The molecule has 1 aliphatic rings. The van der Waals surface area contributed by atoms with Crippen molar-refractivity contribution in [2.24, 2.45) is 16.6 Å². The summed E-state index contributed by atoms with van der Waals surface area (Å²) in [5, 5.41) is 13.7. The van der Waals surface area contributed by atoms with E-state index in [4.69, 9.17) is 10.8 Å². The predicted molar refractivity (Wildman–Crippen MR) is 92.9 cm³/mol. The van der Waals surface area contributed by atoms with Gasteiger partial charge in [-0.3, -0.25) is 14.4 Å². The minimum Gasteiger partial charge on any atom is -0.481 e. The standard InChI is InChI=1S/C17H29N3O6/c1-16(2)6-7-17(3,4)15(16)20-13(24)11(14(25)26-5)19-12(23)9(18)8-10(21)22/h9,11,15H,6-8,18H2,1-5H3,(H,19,23)(H,20,24)(H,21,22)/t9-,11?/m0/s1. The maximum absolute atomic E-state index is 12.7. The number of esters is 1. The van der Waals surface area contributed by atoms with Crippen molar-refractivity contribution in [1.82, 2.24) is 10.6 Å². The van der Waals surface area contributed by atoms with Gasteiger partial charge in [0, 0.05) is 6.04 Å². The fraction of sp³-hybridized carbons (Fsp3) is 0.765. The SMILES string of the molecule is COC(=O)C(NC(=O)[C@@H](N)CC(=O)O)C(=O)NC1C(C)(C)CCC1(C)C. The van der Waals surface area contributed by atoms with E-state index in [0.717, 1.165) is 20.0 Å². The molecule has 0 radical (unpaired) electrons. The van der Waals surface area contributed by atoms with Gasteiger partial charge in [0.2, 0.25) is 11.9 Å². The molecule has 1 rings (SSSR count). The Morgan fingerprint density at radius 3 is 2.04 bits per heavy atom. The van der Waals surface area contributed by atoms with E-state index >= 15 is 0 Å². The number of carbonyl (C=O) groups is 4. The van der Waals surface area contributed by atoms with Crippen molar-refractivity contribution in [3.63, 3.8) is 0 Å². The first-order valence-corrected chi connectivity index (χ1v) is 8.48. The number of nitrogens with two attached hydrogens (primary N) is 1. The second-order valence-electron chi connectivity index (χ2n) is 8.09. The number of rotatable bonds is 7. The van der Waals surface area contributed by atoms with Gasteiger partial charge in [-0.2, -0.15) is 0 Å². The Balaban J connectivity index is 2.92. The van der Waals surface area contributed by atoms with Crippen LogP contribution < -0.4 is 16.4 Å². The van der Waals surface area contributed by atoms with Crippen molar-refractivity contribution in [2.75, 3.05) is 7.11 Å². The summed E-state index contributed by atoms with van der Waals surface area (Å²) in [6.45, 7) is 8.12. The smallest absolute Gasteiger partial charge is 0.338 e. The van der Waals surface area contributed by atoms with E-state index in [2.05, 4.69) is 15.4 Å². The molecule has 0 saturated heterocycles. The Kier molecular flexibility index (Phi) is 6.76. The summed E-state index contributed by atoms with van der Waals surface area (Å²) >= 11 is 0. The summed E-state index contributed by atoms with van der Waals surface area (Å²) in [6, 6.07) is -3.19. The number of hydrogen-bond acceptors (Lipinski definition) is 6. The van der Waals surface area contributed by atoms with Crippen molar-refractivity contribution >= 4 is 23.8 Å². The van der Waals surface area contributed by atoms with Gasteiger partial charge in [-0.25, -0.2) is 4.79 Å². The lowest BCUT2D eigenvalue weighted by Gasteiger charge is -2.36. The molecule has 0 aromatic carbocycles. The van der Waals surface area contributed by atoms with Crippen LogP contribution in [0.5, 0.6) is 0 Å². The van der Waals surface area contributed by atoms with Gasteiger partial charge in [-0.1, -0.05) is 27.7 Å². The highest BCUT2D eigenvalue weighted by Gasteiger charge is 2.48. The van der Waals surface area contributed by atoms with Gasteiger partial charge in [0.15, 0.2) is 0 Å². The van der Waals surface area contributed by atoms with Gasteiger partial charge in [0.05, 0.1) is 19.6 Å². The molecule has 9 heteroatoms. The van der Waals surface area contributed by atoms with E-state index in [1.165, 1.54) is 0 Å². The Morgan fingerprint density at radius 1 is 1.12 bits per heavy atom. The zero-order valence-corrected chi connectivity index (χ0v) is 15.9. The molecule has 1 unspecified atom stereocenters. The number of carboxylic acid groups (broad SMARTS) is 1. The largest absolute Gasteiger partial charge is 0.481 e. The number of methoxy groups -OCH3 is 1. The Labute approximate surface area is 153 Å². The van der Waals surface area contributed by atoms with E-state index in [-0.39, 0.29) is 16.9 Å². The number of amides is 2. The van der Waals surface area contributed by atoms with Crippen LogP contribution in [0.4, 0.5) is 0 Å². The molecule has 0 aliphatic heterocycles. The average Bonchev–Trinajstić information content (AvgIpc) is 2.73. The molecule has 5 N–H and O–H groups in total. The van der Waals surface area contributed by atoms with E-state index in [9.17, 15) is 19.2 Å². The van der Waals surface area contributed by atoms with E-state index < -0.39 is 42.3 Å². The van der Waals surface area contributed by atoms with Gasteiger partial charge >= 0.3 is 11.9 Å². The summed E-state index contributed by atoms with van der Waals surface area (Å²) in [6.07, 6.45) is 1.19. The lowest BCUT2D eigenvalue weighted by atomic mass is 9.78. The van der Waals surface area contributed by atoms with Crippen molar-refractivity contribution in [1.29, 1.82) is 0 Å². The highest BCUT2D eigenvalue weighted by Crippen LogP contribution is 2.48. The molecule has 148 valence electrons. The second kappa shape index (κ2) is 8.03. The number of carboxylic acids is 1. The third-order valence-corrected chi connectivity index (χ3v) is 4.98. The summed E-state index contributed by atoms with van der Waals surface area (Å²) in [4.78, 5) is 47.3. The van der Waals surface area contributed by atoms with Gasteiger partial charge in [0.1, 0.15) is 0 Å². The molecule has 2 atom stereocenters. The monoisotopic (exact) mass is 371 g/mol. The quantitative estimate of drug-likeness (QED) is 0.357. The van der Waals surface area contributed by atoms with Crippen LogP contribution in [0.15, 0.2) is 0 Å². The van der Waals surface area contributed by atoms with E-state index in [0.29, 0.717) is 0 Å². The Hall–Kier alpha value is -2.16. The summed E-state index contributed by atoms with van der Waals surface area (Å²) in [7, 11) is 1.09. The van der Waals surface area contributed by atoms with Crippen molar-refractivity contribution in [3.8, 4) is 0 Å². The van der Waals surface area contributed by atoms with Crippen LogP contribution >= 0.6 is 0 Å². The molecule has 0 heterocycles. The summed E-state index contributed by atoms with van der Waals surface area (Å²) in [5.74, 6) is -3.84. The number of nitrogens with one attached hydrogen (secondary N) is 2. The molecule has 0 spiro atoms. The highest BCUT2D eigenvalue weighted by atomic mass is 16.5. The fourth-order valence-electron chi connectivity index (χ4n) is 3.49. The molecular formula is C17H29N3O6. The van der Waals surface area contributed by atoms with Crippen LogP contribution in [-0.2, 0) is 23.9 Å². The number of ether oxygens (including phenoxy) is 1. The van der Waals surface area contributed by atoms with Crippen molar-refractivity contribution < 1.29 is 29.0 Å². The lowest BCUT2D eigenvalue weighted by molar-refractivity contribution is -0.150. The molecular weight excluding hydrogens is 342 g/mol. The van der Waals surface area contributed by atoms with Gasteiger partial charge in [-0.15, -0.1) is 0 Å². The topological polar surface area (TPSA) is 148 Å². The van der Waals surface area contributed by atoms with Crippen molar-refractivity contribution in [3.05, 3.63) is 0 Å². The minimum atomic E-state index is -1.60. The average molecular weight is 371 g/mol. The van der Waals surface area contributed by atoms with Gasteiger partial charge < -0.3 is 26.2 Å². The van der Waals surface area contributed by atoms with Crippen LogP contribution in [-0.4, -0.2) is 54.1 Å². The molecule has 1 aliphatic carbocycles. The molecule has 2 amide bonds. The fourth-order valence-corrected chi connectivity index (χ4v) is 3.49. The highest BCUT2D eigenvalue weighted by molar-refractivity contribution is 6.05. The van der Waals surface area contributed by atoms with Gasteiger partial charge in [-0.05, 0) is 23.7 Å². The first kappa shape index (κ1) is 21.9. The number of aliphatic carboxylic acids is 1. The van der Waals surface area contributed by atoms with Crippen LogP contribution in [0.2, 0.25) is 0 Å². The van der Waals surface area contributed by atoms with Crippen LogP contribution in [0.3, 0.4) is 0 Å². The maximum Gasteiger partial charge on any atom is 0.338 e.